The summed E-state index contributed by atoms with van der Waals surface area (Å²) in [6, 6.07) is 4.09. The molecule has 0 unspecified atom stereocenters. The number of nitrogens with two attached hydrogens (primary N) is 1. The van der Waals surface area contributed by atoms with Crippen molar-refractivity contribution in [1.82, 2.24) is 5.32 Å². The molecule has 0 saturated carbocycles. The molecule has 3 N–H and O–H groups in total. The van der Waals surface area contributed by atoms with Gasteiger partial charge in [-0.25, -0.2) is 0 Å². The van der Waals surface area contributed by atoms with Gasteiger partial charge in [-0.15, -0.1) is 0 Å². The highest BCUT2D eigenvalue weighted by molar-refractivity contribution is 9.10. The maximum atomic E-state index is 11.8. The average molecular weight is 316 g/mol. The minimum atomic E-state index is -0.530. The van der Waals surface area contributed by atoms with Crippen molar-refractivity contribution >= 4 is 27.5 Å². The van der Waals surface area contributed by atoms with Gasteiger partial charge in [0.15, 0.2) is 0 Å². The van der Waals surface area contributed by atoms with E-state index in [2.05, 4.69) is 21.2 Å². The number of carbonyl (C=O) groups is 1. The molecule has 0 aliphatic rings. The number of carbonyl (C=O) groups excluding carboxylic acids is 1. The zero-order valence-corrected chi connectivity index (χ0v) is 11.3. The van der Waals surface area contributed by atoms with E-state index in [1.807, 2.05) is 0 Å². The number of rotatable bonds is 6. The summed E-state index contributed by atoms with van der Waals surface area (Å²) in [4.78, 5) is 21.9. The van der Waals surface area contributed by atoms with Crippen LogP contribution in [0.3, 0.4) is 0 Å². The first kappa shape index (κ1) is 14.6. The van der Waals surface area contributed by atoms with E-state index in [1.54, 1.807) is 0 Å². The molecule has 0 heterocycles. The Labute approximate surface area is 113 Å². The predicted octanol–water partition coefficient (Wildman–Crippen LogP) is 1.83. The Hall–Kier alpha value is -1.47. The van der Waals surface area contributed by atoms with Crippen LogP contribution in [0.5, 0.6) is 0 Å². The third kappa shape index (κ3) is 4.08. The Balaban J connectivity index is 2.72. The van der Waals surface area contributed by atoms with E-state index in [-0.39, 0.29) is 17.2 Å². The molecule has 7 heteroatoms. The SMILES string of the molecule is NCCCCNC(=O)c1cc([N+](=O)[O-])ccc1Br. The molecular weight excluding hydrogens is 302 g/mol. The van der Waals surface area contributed by atoms with Crippen molar-refractivity contribution in [3.8, 4) is 0 Å². The molecule has 1 aromatic rings. The molecule has 1 amide bonds. The van der Waals surface area contributed by atoms with Crippen LogP contribution in [0.15, 0.2) is 22.7 Å². The highest BCUT2D eigenvalue weighted by atomic mass is 79.9. The smallest absolute Gasteiger partial charge is 0.270 e. The fraction of sp³-hybridized carbons (Fsp3) is 0.364. The number of amides is 1. The Morgan fingerprint density at radius 3 is 2.78 bits per heavy atom. The minimum absolute atomic E-state index is 0.106. The highest BCUT2D eigenvalue weighted by Gasteiger charge is 2.14. The van der Waals surface area contributed by atoms with Gasteiger partial charge in [0.1, 0.15) is 0 Å². The number of benzene rings is 1. The molecule has 1 rings (SSSR count). The summed E-state index contributed by atoms with van der Waals surface area (Å²) in [6.45, 7) is 1.08. The molecular formula is C11H14BrN3O3. The minimum Gasteiger partial charge on any atom is -0.352 e. The summed E-state index contributed by atoms with van der Waals surface area (Å²) in [7, 11) is 0. The molecule has 0 bridgehead atoms. The summed E-state index contributed by atoms with van der Waals surface area (Å²) in [5, 5.41) is 13.3. The lowest BCUT2D eigenvalue weighted by Crippen LogP contribution is -2.25. The van der Waals surface area contributed by atoms with Gasteiger partial charge in [-0.1, -0.05) is 0 Å². The van der Waals surface area contributed by atoms with E-state index in [0.717, 1.165) is 12.8 Å². The zero-order valence-electron chi connectivity index (χ0n) is 9.69. The monoisotopic (exact) mass is 315 g/mol. The standard InChI is InChI=1S/C11H14BrN3O3/c12-10-4-3-8(15(17)18)7-9(10)11(16)14-6-2-1-5-13/h3-4,7H,1-2,5-6,13H2,(H,14,16). The van der Waals surface area contributed by atoms with E-state index in [1.165, 1.54) is 18.2 Å². The molecule has 0 radical (unpaired) electrons. The van der Waals surface area contributed by atoms with Crippen molar-refractivity contribution in [2.24, 2.45) is 5.73 Å². The van der Waals surface area contributed by atoms with Crippen LogP contribution >= 0.6 is 15.9 Å². The number of halogens is 1. The second-order valence-corrected chi connectivity index (χ2v) is 4.53. The number of nitrogens with zero attached hydrogens (tertiary/aromatic N) is 1. The first-order chi connectivity index (χ1) is 8.56. The van der Waals surface area contributed by atoms with Gasteiger partial charge in [0.05, 0.1) is 10.5 Å². The molecule has 18 heavy (non-hydrogen) atoms. The Morgan fingerprint density at radius 2 is 2.17 bits per heavy atom. The van der Waals surface area contributed by atoms with Crippen molar-refractivity contribution in [2.75, 3.05) is 13.1 Å². The maximum absolute atomic E-state index is 11.8. The summed E-state index contributed by atoms with van der Waals surface area (Å²) in [6.07, 6.45) is 1.62. The quantitative estimate of drug-likeness (QED) is 0.475. The molecule has 0 aliphatic heterocycles. The van der Waals surface area contributed by atoms with Crippen LogP contribution in [0.1, 0.15) is 23.2 Å². The Bertz CT molecular complexity index is 451. The van der Waals surface area contributed by atoms with Gasteiger partial charge in [-0.05, 0) is 41.4 Å². The molecule has 0 saturated heterocycles. The van der Waals surface area contributed by atoms with E-state index in [4.69, 9.17) is 5.73 Å². The third-order valence-corrected chi connectivity index (χ3v) is 3.01. The van der Waals surface area contributed by atoms with Gasteiger partial charge in [0, 0.05) is 23.2 Å². The van der Waals surface area contributed by atoms with Crippen molar-refractivity contribution in [1.29, 1.82) is 0 Å². The fourth-order valence-corrected chi connectivity index (χ4v) is 1.79. The first-order valence-electron chi connectivity index (χ1n) is 5.48. The number of hydrogen-bond acceptors (Lipinski definition) is 4. The molecule has 0 aliphatic carbocycles. The Morgan fingerprint density at radius 1 is 1.44 bits per heavy atom. The molecule has 0 atom stereocenters. The molecule has 98 valence electrons. The van der Waals surface area contributed by atoms with Gasteiger partial charge in [-0.3, -0.25) is 14.9 Å². The van der Waals surface area contributed by atoms with Crippen molar-refractivity contribution in [3.63, 3.8) is 0 Å². The topological polar surface area (TPSA) is 98.3 Å². The lowest BCUT2D eigenvalue weighted by Gasteiger charge is -2.06. The largest absolute Gasteiger partial charge is 0.352 e. The van der Waals surface area contributed by atoms with Gasteiger partial charge in [0.2, 0.25) is 0 Å². The second kappa shape index (κ2) is 7.07. The number of nitrogens with one attached hydrogen (secondary N) is 1. The number of hydrogen-bond donors (Lipinski definition) is 2. The summed E-state index contributed by atoms with van der Waals surface area (Å²) in [5.74, 6) is -0.331. The van der Waals surface area contributed by atoms with Crippen LogP contribution in [0.25, 0.3) is 0 Å². The van der Waals surface area contributed by atoms with Crippen LogP contribution in [-0.2, 0) is 0 Å². The van der Waals surface area contributed by atoms with Gasteiger partial charge in [-0.2, -0.15) is 0 Å². The Kier molecular flexibility index (Phi) is 5.73. The van der Waals surface area contributed by atoms with Crippen LogP contribution < -0.4 is 11.1 Å². The molecule has 0 aromatic heterocycles. The summed E-state index contributed by atoms with van der Waals surface area (Å²) < 4.78 is 0.532. The lowest BCUT2D eigenvalue weighted by atomic mass is 10.2. The van der Waals surface area contributed by atoms with Crippen molar-refractivity contribution < 1.29 is 9.72 Å². The van der Waals surface area contributed by atoms with Crippen LogP contribution in [-0.4, -0.2) is 23.9 Å². The number of unbranched alkanes of at least 4 members (excludes halogenated alkanes) is 1. The number of non-ortho nitro benzene ring substituents is 1. The molecule has 1 aromatic carbocycles. The van der Waals surface area contributed by atoms with Gasteiger partial charge in [0.25, 0.3) is 11.6 Å². The van der Waals surface area contributed by atoms with E-state index < -0.39 is 4.92 Å². The van der Waals surface area contributed by atoms with Crippen LogP contribution in [0, 0.1) is 10.1 Å². The lowest BCUT2D eigenvalue weighted by molar-refractivity contribution is -0.384. The number of nitro benzene ring substituents is 1. The predicted molar refractivity (Wildman–Crippen MR) is 71.4 cm³/mol. The highest BCUT2D eigenvalue weighted by Crippen LogP contribution is 2.22. The zero-order chi connectivity index (χ0) is 13.5. The van der Waals surface area contributed by atoms with Gasteiger partial charge < -0.3 is 11.1 Å². The van der Waals surface area contributed by atoms with Gasteiger partial charge >= 0.3 is 0 Å². The first-order valence-corrected chi connectivity index (χ1v) is 6.27. The molecule has 0 spiro atoms. The van der Waals surface area contributed by atoms with Crippen molar-refractivity contribution in [3.05, 3.63) is 38.3 Å². The summed E-state index contributed by atoms with van der Waals surface area (Å²) in [5.41, 5.74) is 5.49. The molecule has 0 fully saturated rings. The third-order valence-electron chi connectivity index (χ3n) is 2.32. The van der Waals surface area contributed by atoms with Crippen LogP contribution in [0.2, 0.25) is 0 Å². The van der Waals surface area contributed by atoms with E-state index in [9.17, 15) is 14.9 Å². The number of nitro groups is 1. The van der Waals surface area contributed by atoms with Crippen LogP contribution in [0.4, 0.5) is 5.69 Å². The fourth-order valence-electron chi connectivity index (χ4n) is 1.37. The second-order valence-electron chi connectivity index (χ2n) is 3.67. The maximum Gasteiger partial charge on any atom is 0.270 e. The summed E-state index contributed by atoms with van der Waals surface area (Å²) >= 11 is 3.20. The van der Waals surface area contributed by atoms with E-state index >= 15 is 0 Å². The van der Waals surface area contributed by atoms with Crippen molar-refractivity contribution in [2.45, 2.75) is 12.8 Å². The normalized spacial score (nSPS) is 10.1. The molecule has 6 nitrogen and oxygen atoms in total. The van der Waals surface area contributed by atoms with E-state index in [0.29, 0.717) is 17.6 Å². The average Bonchev–Trinajstić information content (AvgIpc) is 2.34.